The lowest BCUT2D eigenvalue weighted by Gasteiger charge is -2.39. The molecule has 0 spiro atoms. The second-order valence-electron chi connectivity index (χ2n) is 7.74. The number of nitrogens with zero attached hydrogens (tertiary/aromatic N) is 5. The molecule has 0 aliphatic carbocycles. The van der Waals surface area contributed by atoms with E-state index in [0.29, 0.717) is 36.0 Å². The van der Waals surface area contributed by atoms with E-state index in [9.17, 15) is 9.59 Å². The SMILES string of the molecule is CC1CN(C(=O)c2ncn(-c3cccc(Cl)c3)n2)CCN1C(=O)c1cc2ccccc2o1. The largest absolute Gasteiger partial charge is 0.451 e. The van der Waals surface area contributed by atoms with Gasteiger partial charge in [-0.25, -0.2) is 9.67 Å². The molecule has 162 valence electrons. The van der Waals surface area contributed by atoms with Gasteiger partial charge in [-0.05, 0) is 37.3 Å². The van der Waals surface area contributed by atoms with Crippen LogP contribution in [0.4, 0.5) is 0 Å². The molecule has 5 rings (SSSR count). The summed E-state index contributed by atoms with van der Waals surface area (Å²) in [5.74, 6) is -0.0355. The standard InChI is InChI=1S/C23H20ClN5O3/c1-15-13-27(23(31)21-25-14-29(26-21)18-7-4-6-17(24)12-18)9-10-28(15)22(30)20-11-16-5-2-3-8-19(16)32-20/h2-8,11-12,14-15H,9-10,13H2,1H3. The summed E-state index contributed by atoms with van der Waals surface area (Å²) in [5.41, 5.74) is 1.40. The fourth-order valence-electron chi connectivity index (χ4n) is 3.92. The number of amides is 2. The topological polar surface area (TPSA) is 84.5 Å². The number of furan rings is 1. The van der Waals surface area contributed by atoms with Crippen LogP contribution in [0.2, 0.25) is 5.02 Å². The molecule has 4 aromatic rings. The second-order valence-corrected chi connectivity index (χ2v) is 8.18. The molecule has 1 aliphatic heterocycles. The molecule has 2 amide bonds. The van der Waals surface area contributed by atoms with Crippen molar-refractivity contribution in [1.82, 2.24) is 24.6 Å². The summed E-state index contributed by atoms with van der Waals surface area (Å²) in [5, 5.41) is 5.77. The fourth-order valence-corrected chi connectivity index (χ4v) is 4.10. The van der Waals surface area contributed by atoms with Gasteiger partial charge in [-0.15, -0.1) is 5.10 Å². The van der Waals surface area contributed by atoms with E-state index in [1.165, 1.54) is 11.0 Å². The third-order valence-electron chi connectivity index (χ3n) is 5.57. The van der Waals surface area contributed by atoms with Gasteiger partial charge >= 0.3 is 0 Å². The van der Waals surface area contributed by atoms with E-state index >= 15 is 0 Å². The third-order valence-corrected chi connectivity index (χ3v) is 5.80. The molecular weight excluding hydrogens is 430 g/mol. The number of halogens is 1. The van der Waals surface area contributed by atoms with Crippen LogP contribution in [-0.2, 0) is 0 Å². The molecular formula is C23H20ClN5O3. The van der Waals surface area contributed by atoms with Crippen molar-refractivity contribution in [3.8, 4) is 5.69 Å². The highest BCUT2D eigenvalue weighted by Crippen LogP contribution is 2.22. The number of aromatic nitrogens is 3. The maximum atomic E-state index is 13.0. The first-order valence-electron chi connectivity index (χ1n) is 10.3. The quantitative estimate of drug-likeness (QED) is 0.476. The Labute approximate surface area is 189 Å². The molecule has 9 heteroatoms. The van der Waals surface area contributed by atoms with Crippen LogP contribution in [-0.4, -0.2) is 62.1 Å². The molecule has 2 aromatic carbocycles. The summed E-state index contributed by atoms with van der Waals surface area (Å²) in [4.78, 5) is 33.5. The van der Waals surface area contributed by atoms with E-state index in [4.69, 9.17) is 16.0 Å². The molecule has 1 aliphatic rings. The second kappa shape index (κ2) is 8.12. The van der Waals surface area contributed by atoms with Gasteiger partial charge in [-0.1, -0.05) is 35.9 Å². The van der Waals surface area contributed by atoms with E-state index in [-0.39, 0.29) is 23.7 Å². The number of hydrogen-bond donors (Lipinski definition) is 0. The summed E-state index contributed by atoms with van der Waals surface area (Å²) in [6.45, 7) is 3.09. The highest BCUT2D eigenvalue weighted by Gasteiger charge is 2.33. The lowest BCUT2D eigenvalue weighted by atomic mass is 10.1. The first-order valence-corrected chi connectivity index (χ1v) is 10.6. The summed E-state index contributed by atoms with van der Waals surface area (Å²) < 4.78 is 7.24. The third kappa shape index (κ3) is 3.73. The summed E-state index contributed by atoms with van der Waals surface area (Å²) in [6.07, 6.45) is 1.49. The molecule has 2 aromatic heterocycles. The minimum absolute atomic E-state index is 0.106. The highest BCUT2D eigenvalue weighted by molar-refractivity contribution is 6.30. The average Bonchev–Trinajstić information content (AvgIpc) is 3.45. The van der Waals surface area contributed by atoms with Crippen molar-refractivity contribution in [2.45, 2.75) is 13.0 Å². The Morgan fingerprint density at radius 3 is 2.69 bits per heavy atom. The van der Waals surface area contributed by atoms with Crippen LogP contribution in [0, 0.1) is 0 Å². The molecule has 8 nitrogen and oxygen atoms in total. The molecule has 0 bridgehead atoms. The number of rotatable bonds is 3. The van der Waals surface area contributed by atoms with Gasteiger partial charge in [0, 0.05) is 36.1 Å². The Kier molecular flexibility index (Phi) is 5.14. The highest BCUT2D eigenvalue weighted by atomic mass is 35.5. The number of carbonyl (C=O) groups excluding carboxylic acids is 2. The van der Waals surface area contributed by atoms with Crippen LogP contribution in [0.15, 0.2) is 65.3 Å². The van der Waals surface area contributed by atoms with Crippen molar-refractivity contribution in [2.75, 3.05) is 19.6 Å². The first kappa shape index (κ1) is 20.3. The molecule has 32 heavy (non-hydrogen) atoms. The zero-order chi connectivity index (χ0) is 22.2. The van der Waals surface area contributed by atoms with Gasteiger partial charge in [0.15, 0.2) is 5.76 Å². The smallest absolute Gasteiger partial charge is 0.293 e. The van der Waals surface area contributed by atoms with Crippen LogP contribution in [0.25, 0.3) is 16.7 Å². The van der Waals surface area contributed by atoms with Crippen LogP contribution >= 0.6 is 11.6 Å². The van der Waals surface area contributed by atoms with Crippen molar-refractivity contribution in [1.29, 1.82) is 0 Å². The number of benzene rings is 2. The van der Waals surface area contributed by atoms with Crippen molar-refractivity contribution >= 4 is 34.4 Å². The number of hydrogen-bond acceptors (Lipinski definition) is 5. The van der Waals surface area contributed by atoms with Crippen LogP contribution in [0.5, 0.6) is 0 Å². The van der Waals surface area contributed by atoms with Crippen molar-refractivity contribution in [3.05, 3.63) is 77.5 Å². The number of para-hydroxylation sites is 1. The van der Waals surface area contributed by atoms with Crippen LogP contribution < -0.4 is 0 Å². The van der Waals surface area contributed by atoms with E-state index in [0.717, 1.165) is 11.1 Å². The Morgan fingerprint density at radius 2 is 1.91 bits per heavy atom. The van der Waals surface area contributed by atoms with E-state index in [1.54, 1.807) is 34.1 Å². The van der Waals surface area contributed by atoms with Gasteiger partial charge in [0.05, 0.1) is 5.69 Å². The van der Waals surface area contributed by atoms with Gasteiger partial charge in [-0.2, -0.15) is 0 Å². The maximum Gasteiger partial charge on any atom is 0.293 e. The molecule has 0 N–H and O–H groups in total. The Hall–Kier alpha value is -3.65. The monoisotopic (exact) mass is 449 g/mol. The van der Waals surface area contributed by atoms with Crippen molar-refractivity contribution < 1.29 is 14.0 Å². The van der Waals surface area contributed by atoms with E-state index < -0.39 is 0 Å². The Bertz CT molecular complexity index is 1280. The molecule has 3 heterocycles. The Morgan fingerprint density at radius 1 is 1.06 bits per heavy atom. The molecule has 1 unspecified atom stereocenters. The summed E-state index contributed by atoms with van der Waals surface area (Å²) >= 11 is 6.03. The number of carbonyl (C=O) groups is 2. The predicted molar refractivity (Wildman–Crippen MR) is 119 cm³/mol. The van der Waals surface area contributed by atoms with Gasteiger partial charge in [0.25, 0.3) is 11.8 Å². The maximum absolute atomic E-state index is 13.0. The van der Waals surface area contributed by atoms with Crippen molar-refractivity contribution in [2.24, 2.45) is 0 Å². The molecule has 1 atom stereocenters. The average molecular weight is 450 g/mol. The Balaban J connectivity index is 1.28. The van der Waals surface area contributed by atoms with Gasteiger partial charge < -0.3 is 14.2 Å². The predicted octanol–water partition coefficient (Wildman–Crippen LogP) is 3.65. The normalized spacial score (nSPS) is 16.5. The zero-order valence-corrected chi connectivity index (χ0v) is 18.1. The lowest BCUT2D eigenvalue weighted by molar-refractivity contribution is 0.0391. The molecule has 1 fully saturated rings. The minimum atomic E-state index is -0.270. The number of fused-ring (bicyclic) bond motifs is 1. The van der Waals surface area contributed by atoms with Crippen molar-refractivity contribution in [3.63, 3.8) is 0 Å². The summed E-state index contributed by atoms with van der Waals surface area (Å²) in [6, 6.07) is 16.2. The van der Waals surface area contributed by atoms with E-state index in [1.807, 2.05) is 37.3 Å². The molecule has 0 radical (unpaired) electrons. The van der Waals surface area contributed by atoms with Gasteiger partial charge in [-0.3, -0.25) is 9.59 Å². The minimum Gasteiger partial charge on any atom is -0.451 e. The molecule has 1 saturated heterocycles. The zero-order valence-electron chi connectivity index (χ0n) is 17.3. The van der Waals surface area contributed by atoms with Crippen LogP contribution in [0.3, 0.4) is 0 Å². The lowest BCUT2D eigenvalue weighted by Crippen LogP contribution is -2.55. The summed E-state index contributed by atoms with van der Waals surface area (Å²) in [7, 11) is 0. The van der Waals surface area contributed by atoms with E-state index in [2.05, 4.69) is 10.1 Å². The first-order chi connectivity index (χ1) is 15.5. The van der Waals surface area contributed by atoms with Gasteiger partial charge in [0.1, 0.15) is 11.9 Å². The number of piperazine rings is 1. The van der Waals surface area contributed by atoms with Gasteiger partial charge in [0.2, 0.25) is 5.82 Å². The molecule has 0 saturated carbocycles. The fraction of sp³-hybridized carbons (Fsp3) is 0.217. The van der Waals surface area contributed by atoms with Crippen LogP contribution in [0.1, 0.15) is 28.1 Å².